The van der Waals surface area contributed by atoms with Crippen molar-refractivity contribution < 1.29 is 9.59 Å². The molecule has 160 valence electrons. The maximum Gasteiger partial charge on any atom is 0.223 e. The molecule has 4 N–H and O–H groups in total. The highest BCUT2D eigenvalue weighted by molar-refractivity contribution is 5.80. The molecule has 0 heterocycles. The van der Waals surface area contributed by atoms with Crippen LogP contribution in [-0.2, 0) is 9.59 Å². The third-order valence-corrected chi connectivity index (χ3v) is 6.70. The smallest absolute Gasteiger partial charge is 0.223 e. The summed E-state index contributed by atoms with van der Waals surface area (Å²) in [6.45, 7) is 4.80. The molecule has 0 aromatic heterocycles. The molecule has 1 aromatic rings. The predicted molar refractivity (Wildman–Crippen MR) is 116 cm³/mol. The van der Waals surface area contributed by atoms with Crippen LogP contribution in [0.25, 0.3) is 0 Å². The molecule has 0 aliphatic heterocycles. The summed E-state index contributed by atoms with van der Waals surface area (Å²) in [6.07, 6.45) is 7.86. The fraction of sp³-hybridized carbons (Fsp3) is 0.667. The minimum absolute atomic E-state index is 0.0325. The van der Waals surface area contributed by atoms with Gasteiger partial charge in [0.15, 0.2) is 0 Å². The van der Waals surface area contributed by atoms with Crippen molar-refractivity contribution in [1.29, 1.82) is 0 Å². The largest absolute Gasteiger partial charge is 0.354 e. The van der Waals surface area contributed by atoms with Crippen LogP contribution in [-0.4, -0.2) is 24.4 Å². The zero-order valence-electron chi connectivity index (χ0n) is 18.0. The summed E-state index contributed by atoms with van der Waals surface area (Å²) in [5.41, 5.74) is 8.62. The molecule has 0 radical (unpaired) electrons. The van der Waals surface area contributed by atoms with Gasteiger partial charge in [-0.3, -0.25) is 9.59 Å². The van der Waals surface area contributed by atoms with Gasteiger partial charge in [-0.2, -0.15) is 0 Å². The van der Waals surface area contributed by atoms with E-state index in [2.05, 4.69) is 48.7 Å². The topological polar surface area (TPSA) is 84.2 Å². The van der Waals surface area contributed by atoms with Gasteiger partial charge in [-0.05, 0) is 55.6 Å². The highest BCUT2D eigenvalue weighted by atomic mass is 16.2. The third-order valence-electron chi connectivity index (χ3n) is 6.70. The molecule has 5 heteroatoms. The third kappa shape index (κ3) is 6.05. The SMILES string of the molecule is CC(C)c1ccc(C(N)CNC(=O)C2CCC(NC(=O)C3CCCC3)CC2)cc1. The summed E-state index contributed by atoms with van der Waals surface area (Å²) in [7, 11) is 0. The van der Waals surface area contributed by atoms with E-state index in [9.17, 15) is 9.59 Å². The lowest BCUT2D eigenvalue weighted by Gasteiger charge is -2.29. The van der Waals surface area contributed by atoms with Gasteiger partial charge >= 0.3 is 0 Å². The lowest BCUT2D eigenvalue weighted by atomic mass is 9.85. The molecule has 2 amide bonds. The lowest BCUT2D eigenvalue weighted by molar-refractivity contribution is -0.126. The van der Waals surface area contributed by atoms with Crippen LogP contribution in [0.15, 0.2) is 24.3 Å². The van der Waals surface area contributed by atoms with Crippen molar-refractivity contribution in [3.8, 4) is 0 Å². The fourth-order valence-corrected chi connectivity index (χ4v) is 4.61. The first-order valence-corrected chi connectivity index (χ1v) is 11.4. The summed E-state index contributed by atoms with van der Waals surface area (Å²) >= 11 is 0. The zero-order valence-corrected chi connectivity index (χ0v) is 18.0. The van der Waals surface area contributed by atoms with Crippen LogP contribution in [0, 0.1) is 11.8 Å². The number of nitrogens with two attached hydrogens (primary N) is 1. The van der Waals surface area contributed by atoms with Crippen molar-refractivity contribution in [2.75, 3.05) is 6.54 Å². The van der Waals surface area contributed by atoms with Crippen LogP contribution in [0.4, 0.5) is 0 Å². The molecule has 1 unspecified atom stereocenters. The number of hydrogen-bond donors (Lipinski definition) is 3. The molecule has 2 fully saturated rings. The number of benzene rings is 1. The summed E-state index contributed by atoms with van der Waals surface area (Å²) in [5.74, 6) is 1.07. The van der Waals surface area contributed by atoms with E-state index >= 15 is 0 Å². The highest BCUT2D eigenvalue weighted by Crippen LogP contribution is 2.28. The molecule has 0 spiro atoms. The zero-order chi connectivity index (χ0) is 20.8. The number of amides is 2. The van der Waals surface area contributed by atoms with Crippen LogP contribution in [0.3, 0.4) is 0 Å². The van der Waals surface area contributed by atoms with Crippen molar-refractivity contribution in [3.63, 3.8) is 0 Å². The molecule has 29 heavy (non-hydrogen) atoms. The Morgan fingerprint density at radius 1 is 0.897 bits per heavy atom. The molecule has 1 atom stereocenters. The van der Waals surface area contributed by atoms with Crippen LogP contribution in [0.1, 0.15) is 88.3 Å². The number of nitrogens with one attached hydrogen (secondary N) is 2. The van der Waals surface area contributed by atoms with E-state index in [1.165, 1.54) is 18.4 Å². The first kappa shape index (κ1) is 21.8. The predicted octanol–water partition coefficient (Wildman–Crippen LogP) is 3.79. The van der Waals surface area contributed by atoms with Crippen LogP contribution < -0.4 is 16.4 Å². The van der Waals surface area contributed by atoms with Gasteiger partial charge in [0.25, 0.3) is 0 Å². The Morgan fingerprint density at radius 2 is 1.45 bits per heavy atom. The molecule has 3 rings (SSSR count). The summed E-state index contributed by atoms with van der Waals surface area (Å²) in [4.78, 5) is 24.9. The number of carbonyl (C=O) groups is 2. The van der Waals surface area contributed by atoms with E-state index in [4.69, 9.17) is 5.73 Å². The monoisotopic (exact) mass is 399 g/mol. The lowest BCUT2D eigenvalue weighted by Crippen LogP contribution is -2.43. The summed E-state index contributed by atoms with van der Waals surface area (Å²) in [5, 5.41) is 6.25. The number of hydrogen-bond acceptors (Lipinski definition) is 3. The maximum absolute atomic E-state index is 12.6. The molecule has 0 saturated heterocycles. The van der Waals surface area contributed by atoms with Gasteiger partial charge in [-0.15, -0.1) is 0 Å². The van der Waals surface area contributed by atoms with E-state index in [0.29, 0.717) is 12.5 Å². The van der Waals surface area contributed by atoms with Gasteiger partial charge in [-0.25, -0.2) is 0 Å². The van der Waals surface area contributed by atoms with Crippen molar-refractivity contribution >= 4 is 11.8 Å². The second kappa shape index (κ2) is 10.2. The summed E-state index contributed by atoms with van der Waals surface area (Å²) < 4.78 is 0. The Hall–Kier alpha value is -1.88. The van der Waals surface area contributed by atoms with Gasteiger partial charge in [0.05, 0.1) is 0 Å². The van der Waals surface area contributed by atoms with E-state index < -0.39 is 0 Å². The van der Waals surface area contributed by atoms with Crippen LogP contribution in [0.2, 0.25) is 0 Å². The molecule has 5 nitrogen and oxygen atoms in total. The second-order valence-corrected chi connectivity index (χ2v) is 9.21. The van der Waals surface area contributed by atoms with Crippen LogP contribution in [0.5, 0.6) is 0 Å². The average Bonchev–Trinajstić information content (AvgIpc) is 3.27. The Bertz CT molecular complexity index is 672. The molecular weight excluding hydrogens is 362 g/mol. The van der Waals surface area contributed by atoms with Crippen molar-refractivity contribution in [1.82, 2.24) is 10.6 Å². The molecular formula is C24H37N3O2. The van der Waals surface area contributed by atoms with Crippen molar-refractivity contribution in [3.05, 3.63) is 35.4 Å². The molecule has 2 aliphatic rings. The van der Waals surface area contributed by atoms with Gasteiger partial charge in [0.1, 0.15) is 0 Å². The fourth-order valence-electron chi connectivity index (χ4n) is 4.61. The van der Waals surface area contributed by atoms with Gasteiger partial charge in [0.2, 0.25) is 11.8 Å². The standard InChI is InChI=1S/C24H37N3O2/c1-16(2)17-7-9-18(10-8-17)22(25)15-26-23(28)20-11-13-21(14-12-20)27-24(29)19-5-3-4-6-19/h7-10,16,19-22H,3-6,11-15,25H2,1-2H3,(H,26,28)(H,27,29). The molecule has 2 saturated carbocycles. The molecule has 0 bridgehead atoms. The number of carbonyl (C=O) groups excluding carboxylic acids is 2. The molecule has 1 aromatic carbocycles. The second-order valence-electron chi connectivity index (χ2n) is 9.21. The Kier molecular flexibility index (Phi) is 7.70. The Morgan fingerprint density at radius 3 is 2.03 bits per heavy atom. The molecule has 2 aliphatic carbocycles. The van der Waals surface area contributed by atoms with Gasteiger partial charge < -0.3 is 16.4 Å². The van der Waals surface area contributed by atoms with Crippen molar-refractivity contribution in [2.45, 2.75) is 83.2 Å². The van der Waals surface area contributed by atoms with E-state index in [-0.39, 0.29) is 35.7 Å². The minimum Gasteiger partial charge on any atom is -0.354 e. The minimum atomic E-state index is -0.192. The van der Waals surface area contributed by atoms with Gasteiger partial charge in [0, 0.05) is 30.5 Å². The van der Waals surface area contributed by atoms with E-state index in [0.717, 1.165) is 44.1 Å². The van der Waals surface area contributed by atoms with Crippen molar-refractivity contribution in [2.24, 2.45) is 17.6 Å². The normalized spacial score (nSPS) is 23.7. The highest BCUT2D eigenvalue weighted by Gasteiger charge is 2.29. The Balaban J connectivity index is 1.38. The quantitative estimate of drug-likeness (QED) is 0.652. The van der Waals surface area contributed by atoms with E-state index in [1.54, 1.807) is 0 Å². The maximum atomic E-state index is 12.6. The summed E-state index contributed by atoms with van der Waals surface area (Å²) in [6, 6.07) is 8.39. The number of rotatable bonds is 7. The van der Waals surface area contributed by atoms with Crippen LogP contribution >= 0.6 is 0 Å². The van der Waals surface area contributed by atoms with Gasteiger partial charge in [-0.1, -0.05) is 51.0 Å². The first-order valence-electron chi connectivity index (χ1n) is 11.4. The van der Waals surface area contributed by atoms with E-state index in [1.807, 2.05) is 0 Å². The first-order chi connectivity index (χ1) is 13.9. The Labute approximate surface area is 175 Å². The average molecular weight is 400 g/mol.